The molecule has 2 aromatic rings. The van der Waals surface area contributed by atoms with Gasteiger partial charge in [-0.05, 0) is 12.1 Å². The van der Waals surface area contributed by atoms with Gasteiger partial charge in [-0.3, -0.25) is 9.48 Å². The van der Waals surface area contributed by atoms with Crippen molar-refractivity contribution in [2.75, 3.05) is 17.7 Å². The Bertz CT molecular complexity index is 565. The number of nitrogens with one attached hydrogen (secondary N) is 1. The monoisotopic (exact) mass is 260 g/mol. The minimum Gasteiger partial charge on any atom is -0.491 e. The van der Waals surface area contributed by atoms with Crippen molar-refractivity contribution < 1.29 is 9.53 Å². The molecule has 6 nitrogen and oxygen atoms in total. The maximum absolute atomic E-state index is 11.6. The van der Waals surface area contributed by atoms with Crippen LogP contribution in [0.15, 0.2) is 36.7 Å². The van der Waals surface area contributed by atoms with E-state index in [0.29, 0.717) is 17.1 Å². The van der Waals surface area contributed by atoms with Gasteiger partial charge in [-0.25, -0.2) is 0 Å². The molecule has 2 rings (SSSR count). The maximum atomic E-state index is 11.6. The van der Waals surface area contributed by atoms with Crippen LogP contribution in [0.25, 0.3) is 0 Å². The quantitative estimate of drug-likeness (QED) is 0.796. The number of carbonyl (C=O) groups excluding carboxylic acids is 1. The van der Waals surface area contributed by atoms with E-state index in [4.69, 9.17) is 10.5 Å². The second kappa shape index (κ2) is 5.90. The molecule has 0 fully saturated rings. The molecular formula is C13H16N4O2. The zero-order valence-electron chi connectivity index (χ0n) is 10.7. The Labute approximate surface area is 111 Å². The number of anilines is 2. The van der Waals surface area contributed by atoms with Crippen molar-refractivity contribution in [1.82, 2.24) is 9.78 Å². The lowest BCUT2D eigenvalue weighted by Gasteiger charge is -2.08. The van der Waals surface area contributed by atoms with Crippen LogP contribution in [0.4, 0.5) is 11.4 Å². The fourth-order valence-corrected chi connectivity index (χ4v) is 1.57. The summed E-state index contributed by atoms with van der Waals surface area (Å²) >= 11 is 0. The lowest BCUT2D eigenvalue weighted by atomic mass is 10.3. The van der Waals surface area contributed by atoms with Crippen LogP contribution in [-0.4, -0.2) is 22.3 Å². The van der Waals surface area contributed by atoms with Gasteiger partial charge in [0.1, 0.15) is 5.75 Å². The zero-order chi connectivity index (χ0) is 13.7. The number of nitrogens with two attached hydrogens (primary N) is 1. The number of nitrogen functional groups attached to an aromatic ring is 1. The summed E-state index contributed by atoms with van der Waals surface area (Å²) in [5, 5.41) is 6.69. The zero-order valence-corrected chi connectivity index (χ0v) is 10.7. The van der Waals surface area contributed by atoms with Gasteiger partial charge in [0.2, 0.25) is 5.91 Å². The number of hydrogen-bond donors (Lipinski definition) is 2. The third kappa shape index (κ3) is 3.74. The van der Waals surface area contributed by atoms with Crippen LogP contribution in [0.5, 0.6) is 5.75 Å². The van der Waals surface area contributed by atoms with E-state index in [0.717, 1.165) is 0 Å². The van der Waals surface area contributed by atoms with Gasteiger partial charge in [-0.15, -0.1) is 0 Å². The molecule has 19 heavy (non-hydrogen) atoms. The Morgan fingerprint density at radius 1 is 1.47 bits per heavy atom. The van der Waals surface area contributed by atoms with E-state index in [-0.39, 0.29) is 18.9 Å². The Morgan fingerprint density at radius 3 is 2.95 bits per heavy atom. The highest BCUT2D eigenvalue weighted by molar-refractivity contribution is 5.90. The molecule has 0 unspecified atom stereocenters. The number of hydrogen-bond acceptors (Lipinski definition) is 4. The molecule has 0 aliphatic heterocycles. The van der Waals surface area contributed by atoms with Crippen LogP contribution in [0.3, 0.4) is 0 Å². The molecule has 0 aliphatic rings. The molecule has 3 N–H and O–H groups in total. The number of rotatable bonds is 5. The number of carbonyl (C=O) groups is 1. The Morgan fingerprint density at radius 2 is 2.26 bits per heavy atom. The number of aromatic nitrogens is 2. The molecule has 0 aliphatic carbocycles. The molecule has 1 heterocycles. The average molecular weight is 260 g/mol. The van der Waals surface area contributed by atoms with E-state index >= 15 is 0 Å². The molecule has 1 aromatic carbocycles. The van der Waals surface area contributed by atoms with Crippen molar-refractivity contribution in [2.24, 2.45) is 7.05 Å². The van der Waals surface area contributed by atoms with Gasteiger partial charge >= 0.3 is 0 Å². The molecule has 0 bridgehead atoms. The van der Waals surface area contributed by atoms with Crippen LogP contribution < -0.4 is 15.8 Å². The number of para-hydroxylation sites is 2. The normalized spacial score (nSPS) is 10.2. The predicted molar refractivity (Wildman–Crippen MR) is 72.8 cm³/mol. The van der Waals surface area contributed by atoms with E-state index in [1.807, 2.05) is 12.1 Å². The highest BCUT2D eigenvalue weighted by Gasteiger charge is 2.05. The minimum atomic E-state index is -0.123. The Kier molecular flexibility index (Phi) is 4.02. The number of benzene rings is 1. The van der Waals surface area contributed by atoms with Crippen molar-refractivity contribution >= 4 is 17.3 Å². The van der Waals surface area contributed by atoms with E-state index in [9.17, 15) is 4.79 Å². The van der Waals surface area contributed by atoms with E-state index < -0.39 is 0 Å². The maximum Gasteiger partial charge on any atom is 0.227 e. The van der Waals surface area contributed by atoms with Gasteiger partial charge < -0.3 is 15.8 Å². The molecule has 0 saturated carbocycles. The molecule has 0 atom stereocenters. The second-order valence-electron chi connectivity index (χ2n) is 4.09. The average Bonchev–Trinajstić information content (AvgIpc) is 2.77. The number of aryl methyl sites for hydroxylation is 1. The van der Waals surface area contributed by atoms with Crippen LogP contribution >= 0.6 is 0 Å². The van der Waals surface area contributed by atoms with E-state index in [1.165, 1.54) is 0 Å². The molecule has 0 spiro atoms. The van der Waals surface area contributed by atoms with Gasteiger partial charge in [-0.2, -0.15) is 5.10 Å². The van der Waals surface area contributed by atoms with Crippen molar-refractivity contribution in [3.63, 3.8) is 0 Å². The summed E-state index contributed by atoms with van der Waals surface area (Å²) in [7, 11) is 1.79. The molecule has 6 heteroatoms. The molecule has 0 radical (unpaired) electrons. The summed E-state index contributed by atoms with van der Waals surface area (Å²) < 4.78 is 7.07. The molecular weight excluding hydrogens is 244 g/mol. The van der Waals surface area contributed by atoms with Crippen LogP contribution in [0.1, 0.15) is 6.42 Å². The summed E-state index contributed by atoms with van der Waals surface area (Å²) in [6, 6.07) is 7.19. The van der Waals surface area contributed by atoms with Crippen LogP contribution in [0.2, 0.25) is 0 Å². The number of amides is 1. The van der Waals surface area contributed by atoms with Crippen molar-refractivity contribution in [3.8, 4) is 5.75 Å². The standard InChI is InChI=1S/C13H16N4O2/c1-17-9-10(8-15-17)16-13(18)6-7-19-12-5-3-2-4-11(12)14/h2-5,8-9H,6-7,14H2,1H3,(H,16,18). The highest BCUT2D eigenvalue weighted by atomic mass is 16.5. The summed E-state index contributed by atoms with van der Waals surface area (Å²) in [6.07, 6.45) is 3.57. The summed E-state index contributed by atoms with van der Waals surface area (Å²) in [5.41, 5.74) is 6.97. The number of ether oxygens (including phenoxy) is 1. The molecule has 1 aromatic heterocycles. The van der Waals surface area contributed by atoms with Crippen molar-refractivity contribution in [3.05, 3.63) is 36.7 Å². The first-order valence-corrected chi connectivity index (χ1v) is 5.91. The van der Waals surface area contributed by atoms with E-state index in [2.05, 4.69) is 10.4 Å². The van der Waals surface area contributed by atoms with Gasteiger partial charge in [0.05, 0.1) is 30.6 Å². The lowest BCUT2D eigenvalue weighted by Crippen LogP contribution is -2.15. The van der Waals surface area contributed by atoms with Crippen LogP contribution in [0, 0.1) is 0 Å². The van der Waals surface area contributed by atoms with Gasteiger partial charge in [-0.1, -0.05) is 12.1 Å². The summed E-state index contributed by atoms with van der Waals surface area (Å²) in [5.74, 6) is 0.471. The van der Waals surface area contributed by atoms with Gasteiger partial charge in [0, 0.05) is 13.2 Å². The third-order valence-electron chi connectivity index (χ3n) is 2.49. The molecule has 100 valence electrons. The summed E-state index contributed by atoms with van der Waals surface area (Å²) in [6.45, 7) is 0.278. The smallest absolute Gasteiger partial charge is 0.227 e. The second-order valence-corrected chi connectivity index (χ2v) is 4.09. The minimum absolute atomic E-state index is 0.123. The Balaban J connectivity index is 1.77. The molecule has 0 saturated heterocycles. The third-order valence-corrected chi connectivity index (χ3v) is 2.49. The highest BCUT2D eigenvalue weighted by Crippen LogP contribution is 2.19. The fraction of sp³-hybridized carbons (Fsp3) is 0.231. The molecule has 1 amide bonds. The van der Waals surface area contributed by atoms with Gasteiger partial charge in [0.25, 0.3) is 0 Å². The first-order valence-electron chi connectivity index (χ1n) is 5.91. The first-order chi connectivity index (χ1) is 9.15. The number of nitrogens with zero attached hydrogens (tertiary/aromatic N) is 2. The topological polar surface area (TPSA) is 82.2 Å². The largest absolute Gasteiger partial charge is 0.491 e. The lowest BCUT2D eigenvalue weighted by molar-refractivity contribution is -0.116. The fourth-order valence-electron chi connectivity index (χ4n) is 1.57. The summed E-state index contributed by atoms with van der Waals surface area (Å²) in [4.78, 5) is 11.6. The SMILES string of the molecule is Cn1cc(NC(=O)CCOc2ccccc2N)cn1. The van der Waals surface area contributed by atoms with Crippen molar-refractivity contribution in [1.29, 1.82) is 0 Å². The Hall–Kier alpha value is -2.50. The van der Waals surface area contributed by atoms with Crippen molar-refractivity contribution in [2.45, 2.75) is 6.42 Å². The van der Waals surface area contributed by atoms with E-state index in [1.54, 1.807) is 36.3 Å². The predicted octanol–water partition coefficient (Wildman–Crippen LogP) is 1.41. The van der Waals surface area contributed by atoms with Gasteiger partial charge in [0.15, 0.2) is 0 Å². The van der Waals surface area contributed by atoms with Crippen LogP contribution in [-0.2, 0) is 11.8 Å². The first kappa shape index (κ1) is 12.9.